The van der Waals surface area contributed by atoms with Crippen LogP contribution in [0.25, 0.3) is 0 Å². The fourth-order valence-corrected chi connectivity index (χ4v) is 0.816. The summed E-state index contributed by atoms with van der Waals surface area (Å²) in [5.74, 6) is -0.856. The van der Waals surface area contributed by atoms with Gasteiger partial charge in [-0.2, -0.15) is 0 Å². The Labute approximate surface area is 74.6 Å². The Bertz CT molecular complexity index is 324. The van der Waals surface area contributed by atoms with Crippen LogP contribution in [-0.2, 0) is 16.0 Å². The van der Waals surface area contributed by atoms with E-state index in [0.29, 0.717) is 0 Å². The third-order valence-corrected chi connectivity index (χ3v) is 1.47. The van der Waals surface area contributed by atoms with Gasteiger partial charge in [-0.3, -0.25) is 9.78 Å². The molecule has 2 N–H and O–H groups in total. The second kappa shape index (κ2) is 3.75. The summed E-state index contributed by atoms with van der Waals surface area (Å²) in [6.07, 6.45) is 1.04. The predicted octanol–water partition coefficient (Wildman–Crippen LogP) is 0.208. The van der Waals surface area contributed by atoms with Crippen molar-refractivity contribution in [3.63, 3.8) is 0 Å². The molecule has 0 spiro atoms. The van der Waals surface area contributed by atoms with Gasteiger partial charge in [-0.05, 0) is 0 Å². The predicted molar refractivity (Wildman–Crippen MR) is 43.3 cm³/mol. The van der Waals surface area contributed by atoms with E-state index in [4.69, 9.17) is 5.11 Å². The van der Waals surface area contributed by atoms with E-state index in [1.165, 1.54) is 7.11 Å². The fraction of sp³-hybridized carbons (Fsp3) is 0.250. The highest BCUT2D eigenvalue weighted by molar-refractivity contribution is 5.72. The zero-order valence-corrected chi connectivity index (χ0v) is 7.02. The lowest BCUT2D eigenvalue weighted by atomic mass is 10.2. The Balaban J connectivity index is 2.83. The second-order valence-corrected chi connectivity index (χ2v) is 2.41. The largest absolute Gasteiger partial charge is 0.506 e. The van der Waals surface area contributed by atoms with Gasteiger partial charge in [0.05, 0.1) is 25.4 Å². The topological polar surface area (TPSA) is 79.7 Å². The second-order valence-electron chi connectivity index (χ2n) is 2.41. The summed E-state index contributed by atoms with van der Waals surface area (Å²) >= 11 is 0. The van der Waals surface area contributed by atoms with Crippen molar-refractivity contribution in [2.75, 3.05) is 7.11 Å². The van der Waals surface area contributed by atoms with Crippen LogP contribution in [0.1, 0.15) is 5.69 Å². The molecular weight excluding hydrogens is 174 g/mol. The molecule has 0 unspecified atom stereocenters. The van der Waals surface area contributed by atoms with Crippen LogP contribution in [0.2, 0.25) is 0 Å². The number of aromatic nitrogens is 1. The van der Waals surface area contributed by atoms with Crippen LogP contribution in [0.3, 0.4) is 0 Å². The monoisotopic (exact) mass is 183 g/mol. The maximum Gasteiger partial charge on any atom is 0.311 e. The molecule has 0 aliphatic rings. The van der Waals surface area contributed by atoms with Gasteiger partial charge in [0.25, 0.3) is 0 Å². The maximum atomic E-state index is 10.8. The molecule has 0 aromatic carbocycles. The summed E-state index contributed by atoms with van der Waals surface area (Å²) in [4.78, 5) is 14.4. The first kappa shape index (κ1) is 9.31. The molecule has 0 amide bonds. The van der Waals surface area contributed by atoms with Crippen molar-refractivity contribution in [2.45, 2.75) is 6.42 Å². The van der Waals surface area contributed by atoms with Gasteiger partial charge in [-0.25, -0.2) is 0 Å². The molecule has 5 heteroatoms. The van der Waals surface area contributed by atoms with Crippen molar-refractivity contribution >= 4 is 5.97 Å². The first-order valence-electron chi connectivity index (χ1n) is 3.57. The van der Waals surface area contributed by atoms with Crippen molar-refractivity contribution in [1.29, 1.82) is 0 Å². The SMILES string of the molecule is COC(=O)Cc1ncc(O)cc1O. The van der Waals surface area contributed by atoms with Crippen LogP contribution < -0.4 is 0 Å². The highest BCUT2D eigenvalue weighted by atomic mass is 16.5. The highest BCUT2D eigenvalue weighted by Gasteiger charge is 2.09. The van der Waals surface area contributed by atoms with Crippen molar-refractivity contribution in [3.05, 3.63) is 18.0 Å². The lowest BCUT2D eigenvalue weighted by Crippen LogP contribution is -2.05. The summed E-state index contributed by atoms with van der Waals surface area (Å²) in [5.41, 5.74) is 0.185. The number of ether oxygens (including phenoxy) is 1. The molecule has 70 valence electrons. The summed E-state index contributed by atoms with van der Waals surface area (Å²) < 4.78 is 4.39. The Kier molecular flexibility index (Phi) is 2.69. The summed E-state index contributed by atoms with van der Waals surface area (Å²) in [6.45, 7) is 0. The van der Waals surface area contributed by atoms with Crippen molar-refractivity contribution < 1.29 is 19.7 Å². The molecule has 0 saturated carbocycles. The zero-order chi connectivity index (χ0) is 9.84. The van der Waals surface area contributed by atoms with Gasteiger partial charge < -0.3 is 14.9 Å². The Morgan fingerprint density at radius 1 is 1.62 bits per heavy atom. The first-order chi connectivity index (χ1) is 6.13. The Hall–Kier alpha value is -1.78. The van der Waals surface area contributed by atoms with Gasteiger partial charge in [-0.1, -0.05) is 0 Å². The van der Waals surface area contributed by atoms with Crippen molar-refractivity contribution in [3.8, 4) is 11.5 Å². The standard InChI is InChI=1S/C8H9NO4/c1-13-8(12)3-6-7(11)2-5(10)4-9-6/h2,4,10-11H,3H2,1H3. The Morgan fingerprint density at radius 3 is 2.85 bits per heavy atom. The van der Waals surface area contributed by atoms with E-state index < -0.39 is 5.97 Å². The molecule has 13 heavy (non-hydrogen) atoms. The normalized spacial score (nSPS) is 9.62. The van der Waals surface area contributed by atoms with Crippen molar-refractivity contribution in [1.82, 2.24) is 4.98 Å². The average Bonchev–Trinajstić information content (AvgIpc) is 2.09. The van der Waals surface area contributed by atoms with E-state index in [1.807, 2.05) is 0 Å². The quantitative estimate of drug-likeness (QED) is 0.640. The number of carbonyl (C=O) groups excluding carboxylic acids is 1. The number of rotatable bonds is 2. The lowest BCUT2D eigenvalue weighted by Gasteiger charge is -2.01. The minimum atomic E-state index is -0.492. The van der Waals surface area contributed by atoms with Crippen LogP contribution in [0.4, 0.5) is 0 Å². The van der Waals surface area contributed by atoms with E-state index in [1.54, 1.807) is 0 Å². The van der Waals surface area contributed by atoms with Gasteiger partial charge in [0, 0.05) is 6.07 Å². The van der Waals surface area contributed by atoms with Crippen LogP contribution in [-0.4, -0.2) is 28.3 Å². The number of esters is 1. The first-order valence-corrected chi connectivity index (χ1v) is 3.57. The molecule has 0 radical (unpaired) electrons. The minimum absolute atomic E-state index is 0.109. The third-order valence-electron chi connectivity index (χ3n) is 1.47. The number of methoxy groups -OCH3 is 1. The highest BCUT2D eigenvalue weighted by Crippen LogP contribution is 2.20. The number of carbonyl (C=O) groups is 1. The molecule has 0 aliphatic heterocycles. The molecular formula is C8H9NO4. The van der Waals surface area contributed by atoms with E-state index in [2.05, 4.69) is 9.72 Å². The number of hydrogen-bond donors (Lipinski definition) is 2. The van der Waals surface area contributed by atoms with Crippen LogP contribution in [0, 0.1) is 0 Å². The third kappa shape index (κ3) is 2.33. The van der Waals surface area contributed by atoms with Crippen LogP contribution in [0.5, 0.6) is 11.5 Å². The molecule has 1 heterocycles. The molecule has 0 aliphatic carbocycles. The maximum absolute atomic E-state index is 10.8. The lowest BCUT2D eigenvalue weighted by molar-refractivity contribution is -0.139. The smallest absolute Gasteiger partial charge is 0.311 e. The summed E-state index contributed by atoms with van der Waals surface area (Å²) in [7, 11) is 1.25. The summed E-state index contributed by atoms with van der Waals surface area (Å²) in [5, 5.41) is 18.1. The van der Waals surface area contributed by atoms with Crippen molar-refractivity contribution in [2.24, 2.45) is 0 Å². The molecule has 1 rings (SSSR count). The molecule has 0 fully saturated rings. The number of nitrogens with zero attached hydrogens (tertiary/aromatic N) is 1. The van der Waals surface area contributed by atoms with E-state index >= 15 is 0 Å². The van der Waals surface area contributed by atoms with E-state index in [0.717, 1.165) is 12.3 Å². The zero-order valence-electron chi connectivity index (χ0n) is 7.02. The molecule has 0 bridgehead atoms. The fourth-order valence-electron chi connectivity index (χ4n) is 0.816. The summed E-state index contributed by atoms with van der Waals surface area (Å²) in [6, 6.07) is 1.12. The van der Waals surface area contributed by atoms with Gasteiger partial charge >= 0.3 is 5.97 Å². The molecule has 5 nitrogen and oxygen atoms in total. The number of pyridine rings is 1. The average molecular weight is 183 g/mol. The van der Waals surface area contributed by atoms with Gasteiger partial charge in [0.15, 0.2) is 0 Å². The van der Waals surface area contributed by atoms with Gasteiger partial charge in [-0.15, -0.1) is 0 Å². The van der Waals surface area contributed by atoms with E-state index in [9.17, 15) is 9.90 Å². The van der Waals surface area contributed by atoms with Gasteiger partial charge in [0.2, 0.25) is 0 Å². The Morgan fingerprint density at radius 2 is 2.31 bits per heavy atom. The number of aromatic hydroxyl groups is 2. The molecule has 1 aromatic rings. The number of hydrogen-bond acceptors (Lipinski definition) is 5. The molecule has 0 saturated heterocycles. The van der Waals surface area contributed by atoms with Crippen LogP contribution in [0.15, 0.2) is 12.3 Å². The van der Waals surface area contributed by atoms with Crippen LogP contribution >= 0.6 is 0 Å². The van der Waals surface area contributed by atoms with E-state index in [-0.39, 0.29) is 23.6 Å². The molecule has 1 aromatic heterocycles. The molecule has 0 atom stereocenters. The van der Waals surface area contributed by atoms with Gasteiger partial charge in [0.1, 0.15) is 11.5 Å². The minimum Gasteiger partial charge on any atom is -0.506 e.